The number of β-amino-alcohol motifs (C(OH)–C–C–N with tert-alkyl or cyclic N) is 1. The molecule has 6 N–H and O–H groups in total. The molecule has 0 aromatic rings. The van der Waals surface area contributed by atoms with Crippen molar-refractivity contribution in [3.63, 3.8) is 0 Å². The van der Waals surface area contributed by atoms with Gasteiger partial charge in [-0.2, -0.15) is 0 Å². The van der Waals surface area contributed by atoms with Crippen LogP contribution in [0.15, 0.2) is 0 Å². The maximum absolute atomic E-state index is 9.36. The minimum absolute atomic E-state index is 0.0283. The molecule has 0 spiro atoms. The average Bonchev–Trinajstić information content (AvgIpc) is 2.22. The summed E-state index contributed by atoms with van der Waals surface area (Å²) < 4.78 is 0. The van der Waals surface area contributed by atoms with Crippen LogP contribution in [0.1, 0.15) is 0 Å². The Morgan fingerprint density at radius 2 is 1.62 bits per heavy atom. The van der Waals surface area contributed by atoms with E-state index in [-0.39, 0.29) is 13.2 Å². The largest absolute Gasteiger partial charge is 0.395 e. The van der Waals surface area contributed by atoms with Crippen molar-refractivity contribution in [2.24, 2.45) is 0 Å². The Kier molecular flexibility index (Phi) is 3.60. The van der Waals surface area contributed by atoms with Crippen molar-refractivity contribution in [2.75, 3.05) is 13.2 Å². The molecule has 1 saturated heterocycles. The smallest absolute Gasteiger partial charge is 0.110 e. The van der Waals surface area contributed by atoms with Gasteiger partial charge in [-0.25, -0.2) is 0 Å². The number of aliphatic hydroxyl groups excluding tert-OH is 5. The van der Waals surface area contributed by atoms with Gasteiger partial charge in [0.25, 0.3) is 0 Å². The standard InChI is InChI=1S/C7H15NO5/c9-2-3-5(11)7(13)6(12)4(10)1-8-3/h3-13H,1-2H2/t3-,4-,5+,6+,7-/m0/s1. The summed E-state index contributed by atoms with van der Waals surface area (Å²) in [5.41, 5.74) is 0. The van der Waals surface area contributed by atoms with E-state index < -0.39 is 30.5 Å². The van der Waals surface area contributed by atoms with Crippen LogP contribution in [0.3, 0.4) is 0 Å². The van der Waals surface area contributed by atoms with Crippen molar-refractivity contribution in [1.82, 2.24) is 5.32 Å². The highest BCUT2D eigenvalue weighted by molar-refractivity contribution is 4.92. The van der Waals surface area contributed by atoms with E-state index in [0.717, 1.165) is 0 Å². The van der Waals surface area contributed by atoms with Crippen LogP contribution in [0.2, 0.25) is 0 Å². The molecule has 1 heterocycles. The van der Waals surface area contributed by atoms with Crippen LogP contribution in [0.5, 0.6) is 0 Å². The lowest BCUT2D eigenvalue weighted by atomic mass is 10.0. The molecule has 0 aromatic heterocycles. The molecule has 78 valence electrons. The molecule has 1 fully saturated rings. The summed E-state index contributed by atoms with van der Waals surface area (Å²) in [6, 6.07) is -0.721. The Morgan fingerprint density at radius 3 is 2.15 bits per heavy atom. The lowest BCUT2D eigenvalue weighted by Crippen LogP contribution is -2.48. The van der Waals surface area contributed by atoms with E-state index in [1.54, 1.807) is 0 Å². The quantitative estimate of drug-likeness (QED) is 0.256. The number of aliphatic hydroxyl groups is 5. The minimum Gasteiger partial charge on any atom is -0.395 e. The van der Waals surface area contributed by atoms with Crippen LogP contribution in [0.25, 0.3) is 0 Å². The predicted molar refractivity (Wildman–Crippen MR) is 42.9 cm³/mol. The molecule has 0 bridgehead atoms. The summed E-state index contributed by atoms with van der Waals surface area (Å²) in [5, 5.41) is 48.5. The van der Waals surface area contributed by atoms with Gasteiger partial charge >= 0.3 is 0 Å². The number of hydrogen-bond acceptors (Lipinski definition) is 6. The van der Waals surface area contributed by atoms with Crippen molar-refractivity contribution in [3.8, 4) is 0 Å². The summed E-state index contributed by atoms with van der Waals surface area (Å²) in [6.07, 6.45) is -5.25. The van der Waals surface area contributed by atoms with Crippen molar-refractivity contribution in [3.05, 3.63) is 0 Å². The van der Waals surface area contributed by atoms with Crippen LogP contribution < -0.4 is 5.32 Å². The van der Waals surface area contributed by atoms with Crippen molar-refractivity contribution < 1.29 is 25.5 Å². The van der Waals surface area contributed by atoms with Gasteiger partial charge in [0.1, 0.15) is 18.3 Å². The fourth-order valence-corrected chi connectivity index (χ4v) is 1.35. The lowest BCUT2D eigenvalue weighted by molar-refractivity contribution is -0.0980. The fraction of sp³-hybridized carbons (Fsp3) is 1.00. The number of rotatable bonds is 1. The molecule has 0 aliphatic carbocycles. The zero-order valence-corrected chi connectivity index (χ0v) is 7.04. The van der Waals surface area contributed by atoms with Gasteiger partial charge in [0.05, 0.1) is 18.8 Å². The maximum Gasteiger partial charge on any atom is 0.110 e. The summed E-state index contributed by atoms with van der Waals surface area (Å²) in [5.74, 6) is 0. The van der Waals surface area contributed by atoms with E-state index in [4.69, 9.17) is 5.11 Å². The third kappa shape index (κ3) is 2.16. The van der Waals surface area contributed by atoms with Gasteiger partial charge in [-0.05, 0) is 0 Å². The van der Waals surface area contributed by atoms with E-state index in [0.29, 0.717) is 0 Å². The maximum atomic E-state index is 9.36. The Morgan fingerprint density at radius 1 is 1.00 bits per heavy atom. The second kappa shape index (κ2) is 4.32. The second-order valence-corrected chi connectivity index (χ2v) is 3.24. The Balaban J connectivity index is 2.69. The molecule has 0 radical (unpaired) electrons. The Labute approximate surface area is 75.4 Å². The normalized spacial score (nSPS) is 47.3. The summed E-state index contributed by atoms with van der Waals surface area (Å²) in [7, 11) is 0. The molecule has 0 saturated carbocycles. The third-order valence-electron chi connectivity index (χ3n) is 2.29. The van der Waals surface area contributed by atoms with Crippen molar-refractivity contribution in [2.45, 2.75) is 30.5 Å². The molecule has 1 rings (SSSR count). The van der Waals surface area contributed by atoms with Crippen LogP contribution in [0.4, 0.5) is 0 Å². The molecule has 0 aromatic carbocycles. The zero-order valence-electron chi connectivity index (χ0n) is 7.04. The molecule has 1 aliphatic heterocycles. The van der Waals surface area contributed by atoms with Gasteiger partial charge < -0.3 is 30.8 Å². The van der Waals surface area contributed by atoms with Crippen LogP contribution in [-0.2, 0) is 0 Å². The zero-order chi connectivity index (χ0) is 10.0. The molecule has 0 unspecified atom stereocenters. The minimum atomic E-state index is -1.44. The first-order chi connectivity index (χ1) is 6.07. The Bertz CT molecular complexity index is 165. The summed E-state index contributed by atoms with van der Waals surface area (Å²) in [6.45, 7) is -0.335. The Hall–Kier alpha value is -0.240. The molecule has 0 amide bonds. The van der Waals surface area contributed by atoms with Crippen LogP contribution in [0, 0.1) is 0 Å². The van der Waals surface area contributed by atoms with Crippen LogP contribution >= 0.6 is 0 Å². The van der Waals surface area contributed by atoms with E-state index in [9.17, 15) is 20.4 Å². The van der Waals surface area contributed by atoms with Gasteiger partial charge in [-0.3, -0.25) is 0 Å². The fourth-order valence-electron chi connectivity index (χ4n) is 1.35. The summed E-state index contributed by atoms with van der Waals surface area (Å²) >= 11 is 0. The molecule has 13 heavy (non-hydrogen) atoms. The van der Waals surface area contributed by atoms with Gasteiger partial charge in [0.15, 0.2) is 0 Å². The highest BCUT2D eigenvalue weighted by atomic mass is 16.4. The number of nitrogens with one attached hydrogen (secondary N) is 1. The topological polar surface area (TPSA) is 113 Å². The number of hydrogen-bond donors (Lipinski definition) is 6. The summed E-state index contributed by atoms with van der Waals surface area (Å²) in [4.78, 5) is 0. The monoisotopic (exact) mass is 193 g/mol. The first kappa shape index (κ1) is 10.8. The van der Waals surface area contributed by atoms with E-state index >= 15 is 0 Å². The molecular formula is C7H15NO5. The first-order valence-electron chi connectivity index (χ1n) is 4.14. The molecule has 6 nitrogen and oxygen atoms in total. The molecule has 6 heteroatoms. The highest BCUT2D eigenvalue weighted by Crippen LogP contribution is 2.11. The predicted octanol–water partition coefficient (Wildman–Crippen LogP) is -3.61. The van der Waals surface area contributed by atoms with E-state index in [1.807, 2.05) is 0 Å². The highest BCUT2D eigenvalue weighted by Gasteiger charge is 2.37. The van der Waals surface area contributed by atoms with Gasteiger partial charge in [-0.15, -0.1) is 0 Å². The third-order valence-corrected chi connectivity index (χ3v) is 2.29. The first-order valence-corrected chi connectivity index (χ1v) is 4.14. The van der Waals surface area contributed by atoms with Crippen LogP contribution in [-0.4, -0.2) is 69.1 Å². The van der Waals surface area contributed by atoms with Crippen molar-refractivity contribution >= 4 is 0 Å². The van der Waals surface area contributed by atoms with Gasteiger partial charge in [0, 0.05) is 6.54 Å². The van der Waals surface area contributed by atoms with E-state index in [1.165, 1.54) is 0 Å². The second-order valence-electron chi connectivity index (χ2n) is 3.24. The molecule has 1 aliphatic rings. The molecule has 5 atom stereocenters. The average molecular weight is 193 g/mol. The molecular weight excluding hydrogens is 178 g/mol. The lowest BCUT2D eigenvalue weighted by Gasteiger charge is -2.24. The van der Waals surface area contributed by atoms with Gasteiger partial charge in [-0.1, -0.05) is 0 Å². The SMILES string of the molecule is OC[C@@H]1NC[C@H](O)[C@@H](O)[C@@H](O)[C@@H]1O. The van der Waals surface area contributed by atoms with Gasteiger partial charge in [0.2, 0.25) is 0 Å². The van der Waals surface area contributed by atoms with Crippen molar-refractivity contribution in [1.29, 1.82) is 0 Å². The van der Waals surface area contributed by atoms with E-state index in [2.05, 4.69) is 5.32 Å².